The number of rotatable bonds is 3. The smallest absolute Gasteiger partial charge is 0.163 e. The summed E-state index contributed by atoms with van der Waals surface area (Å²) in [6, 6.07) is 9.22. The molecule has 0 heterocycles. The Morgan fingerprint density at radius 1 is 1.31 bits per heavy atom. The van der Waals surface area contributed by atoms with Crippen LogP contribution in [0.25, 0.3) is 0 Å². The first-order valence-electron chi connectivity index (χ1n) is 5.73. The minimum Gasteiger partial charge on any atom is -0.299 e. The van der Waals surface area contributed by atoms with Gasteiger partial charge in [0.15, 0.2) is 5.78 Å². The van der Waals surface area contributed by atoms with Crippen molar-refractivity contribution in [3.63, 3.8) is 0 Å². The maximum Gasteiger partial charge on any atom is 0.163 e. The Balaban J connectivity index is 2.11. The molecule has 0 aliphatic heterocycles. The molecule has 16 heavy (non-hydrogen) atoms. The summed E-state index contributed by atoms with van der Waals surface area (Å²) in [4.78, 5) is 23.7. The van der Waals surface area contributed by atoms with Crippen molar-refractivity contribution in [1.29, 1.82) is 0 Å². The highest BCUT2D eigenvalue weighted by Gasteiger charge is 2.38. The summed E-state index contributed by atoms with van der Waals surface area (Å²) >= 11 is 0. The van der Waals surface area contributed by atoms with Gasteiger partial charge in [-0.3, -0.25) is 9.59 Å². The van der Waals surface area contributed by atoms with Crippen LogP contribution in [0.15, 0.2) is 30.3 Å². The molecule has 0 aromatic heterocycles. The van der Waals surface area contributed by atoms with Gasteiger partial charge in [0.2, 0.25) is 0 Å². The first-order valence-corrected chi connectivity index (χ1v) is 5.73. The largest absolute Gasteiger partial charge is 0.299 e. The molecule has 0 N–H and O–H groups in total. The van der Waals surface area contributed by atoms with E-state index in [0.29, 0.717) is 18.4 Å². The molecule has 1 aliphatic carbocycles. The Morgan fingerprint density at radius 2 is 2.00 bits per heavy atom. The molecule has 0 radical (unpaired) electrons. The third-order valence-corrected chi connectivity index (χ3v) is 3.45. The quantitative estimate of drug-likeness (QED) is 0.728. The van der Waals surface area contributed by atoms with Gasteiger partial charge in [0.25, 0.3) is 0 Å². The van der Waals surface area contributed by atoms with E-state index in [4.69, 9.17) is 0 Å². The van der Waals surface area contributed by atoms with Crippen molar-refractivity contribution < 1.29 is 9.59 Å². The van der Waals surface area contributed by atoms with Crippen molar-refractivity contribution in [1.82, 2.24) is 0 Å². The Hall–Kier alpha value is -1.44. The van der Waals surface area contributed by atoms with Crippen LogP contribution in [0.1, 0.15) is 43.0 Å². The zero-order chi connectivity index (χ0) is 11.6. The topological polar surface area (TPSA) is 34.1 Å². The normalized spacial score (nSPS) is 24.7. The van der Waals surface area contributed by atoms with Crippen LogP contribution in [-0.2, 0) is 4.79 Å². The van der Waals surface area contributed by atoms with Gasteiger partial charge in [0.1, 0.15) is 5.78 Å². The van der Waals surface area contributed by atoms with Crippen molar-refractivity contribution in [2.75, 3.05) is 0 Å². The van der Waals surface area contributed by atoms with Gasteiger partial charge in [0, 0.05) is 23.8 Å². The Morgan fingerprint density at radius 3 is 2.56 bits per heavy atom. The lowest BCUT2D eigenvalue weighted by Gasteiger charge is -2.20. The predicted molar refractivity (Wildman–Crippen MR) is 62.4 cm³/mol. The monoisotopic (exact) mass is 216 g/mol. The summed E-state index contributed by atoms with van der Waals surface area (Å²) in [5.74, 6) is 0.329. The average Bonchev–Trinajstić information content (AvgIpc) is 2.60. The molecule has 1 saturated carbocycles. The molecule has 1 aliphatic rings. The zero-order valence-corrected chi connectivity index (χ0v) is 9.53. The number of hydrogen-bond donors (Lipinski definition) is 0. The standard InChI is InChI=1S/C14H16O2/c1-14(9-5-8-13(14)16)10-12(15)11-6-3-2-4-7-11/h2-4,6-7H,5,8-10H2,1H3/t14-/m0/s1. The van der Waals surface area contributed by atoms with E-state index in [9.17, 15) is 9.59 Å². The summed E-state index contributed by atoms with van der Waals surface area (Å²) in [6.45, 7) is 1.92. The predicted octanol–water partition coefficient (Wildman–Crippen LogP) is 3.02. The van der Waals surface area contributed by atoms with Gasteiger partial charge in [0.05, 0.1) is 0 Å². The highest BCUT2D eigenvalue weighted by Crippen LogP contribution is 2.38. The van der Waals surface area contributed by atoms with Gasteiger partial charge < -0.3 is 0 Å². The van der Waals surface area contributed by atoms with E-state index < -0.39 is 5.41 Å². The van der Waals surface area contributed by atoms with Gasteiger partial charge in [-0.1, -0.05) is 37.3 Å². The van der Waals surface area contributed by atoms with Crippen molar-refractivity contribution in [2.45, 2.75) is 32.6 Å². The van der Waals surface area contributed by atoms with Gasteiger partial charge in [-0.05, 0) is 12.8 Å². The minimum atomic E-state index is -0.410. The Labute approximate surface area is 95.7 Å². The molecular formula is C14H16O2. The molecule has 1 fully saturated rings. The van der Waals surface area contributed by atoms with Crippen LogP contribution in [0, 0.1) is 5.41 Å². The summed E-state index contributed by atoms with van der Waals surface area (Å²) < 4.78 is 0. The Bertz CT molecular complexity index is 408. The van der Waals surface area contributed by atoms with E-state index in [1.807, 2.05) is 37.3 Å². The molecule has 0 bridgehead atoms. The van der Waals surface area contributed by atoms with Gasteiger partial charge >= 0.3 is 0 Å². The fourth-order valence-corrected chi connectivity index (χ4v) is 2.35. The number of hydrogen-bond acceptors (Lipinski definition) is 2. The summed E-state index contributed by atoms with van der Waals surface area (Å²) in [6.07, 6.45) is 2.77. The maximum absolute atomic E-state index is 12.0. The number of benzene rings is 1. The molecular weight excluding hydrogens is 200 g/mol. The molecule has 0 saturated heterocycles. The van der Waals surface area contributed by atoms with Crippen LogP contribution in [-0.4, -0.2) is 11.6 Å². The number of carbonyl (C=O) groups excluding carboxylic acids is 2. The van der Waals surface area contributed by atoms with Crippen molar-refractivity contribution in [2.24, 2.45) is 5.41 Å². The number of carbonyl (C=O) groups is 2. The maximum atomic E-state index is 12.0. The van der Waals surface area contributed by atoms with Crippen LogP contribution in [0.3, 0.4) is 0 Å². The highest BCUT2D eigenvalue weighted by molar-refractivity contribution is 6.00. The first kappa shape index (κ1) is 11.1. The molecule has 0 spiro atoms. The van der Waals surface area contributed by atoms with Crippen LogP contribution >= 0.6 is 0 Å². The van der Waals surface area contributed by atoms with Crippen molar-refractivity contribution in [3.05, 3.63) is 35.9 Å². The van der Waals surface area contributed by atoms with E-state index >= 15 is 0 Å². The molecule has 0 amide bonds. The van der Waals surface area contributed by atoms with Crippen LogP contribution < -0.4 is 0 Å². The lowest BCUT2D eigenvalue weighted by atomic mass is 9.81. The van der Waals surface area contributed by atoms with E-state index in [-0.39, 0.29) is 11.6 Å². The molecule has 84 valence electrons. The molecule has 1 aromatic rings. The second-order valence-electron chi connectivity index (χ2n) is 4.80. The van der Waals surface area contributed by atoms with Crippen molar-refractivity contribution in [3.8, 4) is 0 Å². The second kappa shape index (κ2) is 4.20. The third kappa shape index (κ3) is 2.06. The summed E-state index contributed by atoms with van der Waals surface area (Å²) in [5.41, 5.74) is 0.302. The van der Waals surface area contributed by atoms with E-state index in [0.717, 1.165) is 12.8 Å². The van der Waals surface area contributed by atoms with E-state index in [1.54, 1.807) is 0 Å². The molecule has 2 rings (SSSR count). The number of ketones is 2. The van der Waals surface area contributed by atoms with Gasteiger partial charge in [-0.25, -0.2) is 0 Å². The second-order valence-corrected chi connectivity index (χ2v) is 4.80. The fourth-order valence-electron chi connectivity index (χ4n) is 2.35. The van der Waals surface area contributed by atoms with Crippen molar-refractivity contribution >= 4 is 11.6 Å². The molecule has 1 atom stereocenters. The lowest BCUT2D eigenvalue weighted by Crippen LogP contribution is -2.25. The van der Waals surface area contributed by atoms with Crippen LogP contribution in [0.2, 0.25) is 0 Å². The first-order chi connectivity index (χ1) is 7.62. The highest BCUT2D eigenvalue weighted by atomic mass is 16.1. The summed E-state index contributed by atoms with van der Waals surface area (Å²) in [7, 11) is 0. The Kier molecular flexibility index (Phi) is 2.90. The SMILES string of the molecule is C[C@@]1(CC(=O)c2ccccc2)CCCC1=O. The minimum absolute atomic E-state index is 0.0818. The lowest BCUT2D eigenvalue weighted by molar-refractivity contribution is -0.124. The number of Topliss-reactive ketones (excluding diaryl/α,β-unsaturated/α-hetero) is 2. The molecule has 2 heteroatoms. The zero-order valence-electron chi connectivity index (χ0n) is 9.53. The summed E-state index contributed by atoms with van der Waals surface area (Å²) in [5, 5.41) is 0. The van der Waals surface area contributed by atoms with Crippen LogP contribution in [0.4, 0.5) is 0 Å². The molecule has 2 nitrogen and oxygen atoms in total. The van der Waals surface area contributed by atoms with E-state index in [2.05, 4.69) is 0 Å². The average molecular weight is 216 g/mol. The van der Waals surface area contributed by atoms with Gasteiger partial charge in [-0.2, -0.15) is 0 Å². The van der Waals surface area contributed by atoms with Gasteiger partial charge in [-0.15, -0.1) is 0 Å². The molecule has 1 aromatic carbocycles. The third-order valence-electron chi connectivity index (χ3n) is 3.45. The molecule has 0 unspecified atom stereocenters. The van der Waals surface area contributed by atoms with E-state index in [1.165, 1.54) is 0 Å². The fraction of sp³-hybridized carbons (Fsp3) is 0.429. The van der Waals surface area contributed by atoms with Crippen LogP contribution in [0.5, 0.6) is 0 Å².